The summed E-state index contributed by atoms with van der Waals surface area (Å²) in [6, 6.07) is 15.5. The Morgan fingerprint density at radius 2 is 1.95 bits per heavy atom. The molecule has 1 unspecified atom stereocenters. The maximum absolute atomic E-state index is 5.34. The quantitative estimate of drug-likeness (QED) is 0.811. The van der Waals surface area contributed by atoms with Gasteiger partial charge in [-0.05, 0) is 73.0 Å². The first-order valence-corrected chi connectivity index (χ1v) is 8.60. The molecule has 2 nitrogen and oxygen atoms in total. The molecule has 1 aliphatic rings. The number of ether oxygens (including phenoxy) is 1. The average molecular weight is 299 g/mol. The van der Waals surface area contributed by atoms with E-state index in [-0.39, 0.29) is 0 Å². The van der Waals surface area contributed by atoms with E-state index in [1.165, 1.54) is 34.6 Å². The zero-order valence-electron chi connectivity index (χ0n) is 12.6. The molecular formula is C18H21NOS. The predicted octanol–water partition coefficient (Wildman–Crippen LogP) is 4.91. The summed E-state index contributed by atoms with van der Waals surface area (Å²) in [7, 11) is 1.73. The van der Waals surface area contributed by atoms with Gasteiger partial charge in [-0.25, -0.2) is 0 Å². The number of thioether (sulfide) groups is 1. The molecule has 0 amide bonds. The van der Waals surface area contributed by atoms with Crippen LogP contribution in [0.1, 0.15) is 30.0 Å². The molecular weight excluding hydrogens is 278 g/mol. The smallest absolute Gasteiger partial charge is 0.119 e. The van der Waals surface area contributed by atoms with Gasteiger partial charge in [0.2, 0.25) is 0 Å². The first kappa shape index (κ1) is 14.3. The summed E-state index contributed by atoms with van der Waals surface area (Å²) >= 11 is 1.77. The van der Waals surface area contributed by atoms with E-state index in [0.717, 1.165) is 12.2 Å². The Balaban J connectivity index is 1.81. The number of hydrogen-bond donors (Lipinski definition) is 1. The Kier molecular flexibility index (Phi) is 4.39. The third-order valence-corrected chi connectivity index (χ3v) is 4.84. The zero-order valence-corrected chi connectivity index (χ0v) is 13.4. The van der Waals surface area contributed by atoms with Crippen LogP contribution >= 0.6 is 11.8 Å². The summed E-state index contributed by atoms with van der Waals surface area (Å²) in [6.07, 6.45) is 5.66. The van der Waals surface area contributed by atoms with E-state index in [1.807, 2.05) is 0 Å². The number of fused-ring (bicyclic) bond motifs is 1. The van der Waals surface area contributed by atoms with Crippen molar-refractivity contribution in [3.05, 3.63) is 53.6 Å². The van der Waals surface area contributed by atoms with Crippen molar-refractivity contribution in [1.29, 1.82) is 0 Å². The zero-order chi connectivity index (χ0) is 14.7. The SMILES string of the molecule is COc1ccc2c(c1)CCCC2Nc1ccc(SC)cc1. The van der Waals surface area contributed by atoms with E-state index < -0.39 is 0 Å². The van der Waals surface area contributed by atoms with Gasteiger partial charge >= 0.3 is 0 Å². The van der Waals surface area contributed by atoms with Crippen molar-refractivity contribution in [2.45, 2.75) is 30.2 Å². The standard InChI is InChI=1S/C18H21NOS/c1-20-15-8-11-17-13(12-15)4-3-5-18(17)19-14-6-9-16(21-2)10-7-14/h6-12,18-19H,3-5H2,1-2H3. The molecule has 0 spiro atoms. The van der Waals surface area contributed by atoms with Gasteiger partial charge in [-0.2, -0.15) is 0 Å². The fraction of sp³-hybridized carbons (Fsp3) is 0.333. The van der Waals surface area contributed by atoms with Gasteiger partial charge in [-0.15, -0.1) is 11.8 Å². The molecule has 21 heavy (non-hydrogen) atoms. The number of methoxy groups -OCH3 is 1. The minimum atomic E-state index is 0.403. The van der Waals surface area contributed by atoms with Crippen LogP contribution in [0.2, 0.25) is 0 Å². The van der Waals surface area contributed by atoms with E-state index in [1.54, 1.807) is 18.9 Å². The van der Waals surface area contributed by atoms with Crippen LogP contribution in [0.25, 0.3) is 0 Å². The second kappa shape index (κ2) is 6.44. The van der Waals surface area contributed by atoms with Gasteiger partial charge in [-0.1, -0.05) is 6.07 Å². The Bertz CT molecular complexity index is 609. The number of anilines is 1. The van der Waals surface area contributed by atoms with Crippen LogP contribution in [-0.2, 0) is 6.42 Å². The van der Waals surface area contributed by atoms with Gasteiger partial charge in [0, 0.05) is 10.6 Å². The monoisotopic (exact) mass is 299 g/mol. The van der Waals surface area contributed by atoms with E-state index in [2.05, 4.69) is 54.0 Å². The van der Waals surface area contributed by atoms with Gasteiger partial charge < -0.3 is 10.1 Å². The van der Waals surface area contributed by atoms with Crippen LogP contribution in [0.5, 0.6) is 5.75 Å². The molecule has 0 saturated carbocycles. The number of hydrogen-bond acceptors (Lipinski definition) is 3. The van der Waals surface area contributed by atoms with Crippen LogP contribution < -0.4 is 10.1 Å². The van der Waals surface area contributed by atoms with Crippen LogP contribution in [0, 0.1) is 0 Å². The van der Waals surface area contributed by atoms with E-state index in [4.69, 9.17) is 4.74 Å². The molecule has 1 N–H and O–H groups in total. The molecule has 0 aliphatic heterocycles. The first-order valence-electron chi connectivity index (χ1n) is 7.37. The largest absolute Gasteiger partial charge is 0.497 e. The Morgan fingerprint density at radius 3 is 2.67 bits per heavy atom. The van der Waals surface area contributed by atoms with Crippen molar-refractivity contribution in [3.8, 4) is 5.75 Å². The number of benzene rings is 2. The summed E-state index contributed by atoms with van der Waals surface area (Å²) in [5.74, 6) is 0.957. The van der Waals surface area contributed by atoms with Crippen molar-refractivity contribution in [2.24, 2.45) is 0 Å². The topological polar surface area (TPSA) is 21.3 Å². The lowest BCUT2D eigenvalue weighted by molar-refractivity contribution is 0.413. The highest BCUT2D eigenvalue weighted by Gasteiger charge is 2.20. The third-order valence-electron chi connectivity index (χ3n) is 4.10. The summed E-state index contributed by atoms with van der Waals surface area (Å²) in [5.41, 5.74) is 4.02. The van der Waals surface area contributed by atoms with Crippen LogP contribution in [0.4, 0.5) is 5.69 Å². The molecule has 3 heteroatoms. The number of rotatable bonds is 4. The third kappa shape index (κ3) is 3.18. The normalized spacial score (nSPS) is 17.1. The lowest BCUT2D eigenvalue weighted by Gasteiger charge is -2.27. The molecule has 0 saturated heterocycles. The van der Waals surface area contributed by atoms with Gasteiger partial charge in [-0.3, -0.25) is 0 Å². The van der Waals surface area contributed by atoms with Crippen molar-refractivity contribution >= 4 is 17.4 Å². The molecule has 1 aliphatic carbocycles. The lowest BCUT2D eigenvalue weighted by atomic mass is 9.87. The van der Waals surface area contributed by atoms with Gasteiger partial charge in [0.05, 0.1) is 13.2 Å². The van der Waals surface area contributed by atoms with E-state index >= 15 is 0 Å². The maximum Gasteiger partial charge on any atom is 0.119 e. The molecule has 3 rings (SSSR count). The van der Waals surface area contributed by atoms with Crippen molar-refractivity contribution in [1.82, 2.24) is 0 Å². The van der Waals surface area contributed by atoms with Crippen molar-refractivity contribution in [3.63, 3.8) is 0 Å². The second-order valence-corrected chi connectivity index (χ2v) is 6.26. The van der Waals surface area contributed by atoms with E-state index in [0.29, 0.717) is 6.04 Å². The van der Waals surface area contributed by atoms with Crippen LogP contribution in [0.15, 0.2) is 47.4 Å². The Morgan fingerprint density at radius 1 is 1.14 bits per heavy atom. The molecule has 110 valence electrons. The summed E-state index contributed by atoms with van der Waals surface area (Å²) in [4.78, 5) is 1.30. The molecule has 0 fully saturated rings. The molecule has 0 radical (unpaired) electrons. The summed E-state index contributed by atoms with van der Waals surface area (Å²) in [6.45, 7) is 0. The van der Waals surface area contributed by atoms with Gasteiger partial charge in [0.15, 0.2) is 0 Å². The lowest BCUT2D eigenvalue weighted by Crippen LogP contribution is -2.17. The summed E-state index contributed by atoms with van der Waals surface area (Å²) < 4.78 is 5.34. The average Bonchev–Trinajstić information content (AvgIpc) is 2.55. The highest BCUT2D eigenvalue weighted by molar-refractivity contribution is 7.98. The fourth-order valence-electron chi connectivity index (χ4n) is 2.96. The van der Waals surface area contributed by atoms with Crippen LogP contribution in [0.3, 0.4) is 0 Å². The molecule has 0 bridgehead atoms. The Hall–Kier alpha value is -1.61. The van der Waals surface area contributed by atoms with Gasteiger partial charge in [0.1, 0.15) is 5.75 Å². The highest BCUT2D eigenvalue weighted by Crippen LogP contribution is 2.34. The number of aryl methyl sites for hydroxylation is 1. The minimum absolute atomic E-state index is 0.403. The fourth-order valence-corrected chi connectivity index (χ4v) is 3.36. The van der Waals surface area contributed by atoms with Crippen LogP contribution in [-0.4, -0.2) is 13.4 Å². The molecule has 2 aromatic carbocycles. The minimum Gasteiger partial charge on any atom is -0.497 e. The second-order valence-electron chi connectivity index (χ2n) is 5.38. The maximum atomic E-state index is 5.34. The molecule has 0 heterocycles. The van der Waals surface area contributed by atoms with Gasteiger partial charge in [0.25, 0.3) is 0 Å². The van der Waals surface area contributed by atoms with Crippen molar-refractivity contribution in [2.75, 3.05) is 18.7 Å². The van der Waals surface area contributed by atoms with E-state index in [9.17, 15) is 0 Å². The predicted molar refractivity (Wildman–Crippen MR) is 90.5 cm³/mol. The number of nitrogens with one attached hydrogen (secondary N) is 1. The summed E-state index contributed by atoms with van der Waals surface area (Å²) in [5, 5.41) is 3.68. The first-order chi connectivity index (χ1) is 10.3. The molecule has 2 aromatic rings. The molecule has 1 atom stereocenters. The van der Waals surface area contributed by atoms with Crippen molar-refractivity contribution < 1.29 is 4.74 Å². The highest BCUT2D eigenvalue weighted by atomic mass is 32.2. The Labute approximate surface area is 130 Å². The molecule has 0 aromatic heterocycles.